The van der Waals surface area contributed by atoms with Crippen LogP contribution in [0.1, 0.15) is 10.4 Å². The van der Waals surface area contributed by atoms with Crippen LogP contribution in [0.15, 0.2) is 12.3 Å². The van der Waals surface area contributed by atoms with Crippen molar-refractivity contribution in [1.82, 2.24) is 15.4 Å². The van der Waals surface area contributed by atoms with Crippen LogP contribution in [0.2, 0.25) is 0 Å². The summed E-state index contributed by atoms with van der Waals surface area (Å²) in [5.74, 6) is -0.139. The molecule has 0 aromatic carbocycles. The summed E-state index contributed by atoms with van der Waals surface area (Å²) in [5, 5.41) is 15.4. The number of aromatic nitrogens is 1. The van der Waals surface area contributed by atoms with Gasteiger partial charge in [-0.2, -0.15) is 0 Å². The van der Waals surface area contributed by atoms with Gasteiger partial charge >= 0.3 is 0 Å². The molecule has 9 heteroatoms. The molecule has 0 radical (unpaired) electrons. The van der Waals surface area contributed by atoms with E-state index in [2.05, 4.69) is 15.7 Å². The lowest BCUT2D eigenvalue weighted by molar-refractivity contribution is -0.385. The average molecular weight is 281 g/mol. The molecule has 2 rings (SSSR count). The summed E-state index contributed by atoms with van der Waals surface area (Å²) < 4.78 is 5.16. The van der Waals surface area contributed by atoms with Gasteiger partial charge in [-0.3, -0.25) is 20.3 Å². The maximum absolute atomic E-state index is 12.2. The molecule has 0 unspecified atom stereocenters. The van der Waals surface area contributed by atoms with Crippen LogP contribution in [0, 0.1) is 10.1 Å². The highest BCUT2D eigenvalue weighted by Gasteiger charge is 2.23. The number of carbonyl (C=O) groups is 1. The smallest absolute Gasteiger partial charge is 0.300 e. The van der Waals surface area contributed by atoms with Crippen LogP contribution in [0.25, 0.3) is 0 Å². The molecular formula is C11H15N5O4. The molecule has 9 nitrogen and oxygen atoms in total. The number of anilines is 1. The molecule has 1 aromatic heterocycles. The van der Waals surface area contributed by atoms with Crippen LogP contribution >= 0.6 is 0 Å². The fraction of sp³-hybridized carbons (Fsp3) is 0.455. The van der Waals surface area contributed by atoms with Crippen molar-refractivity contribution in [3.63, 3.8) is 0 Å². The zero-order valence-electron chi connectivity index (χ0n) is 11.0. The Labute approximate surface area is 115 Å². The number of nitrogens with zero attached hydrogens (tertiary/aromatic N) is 3. The first-order chi connectivity index (χ1) is 9.61. The molecular weight excluding hydrogens is 266 g/mol. The van der Waals surface area contributed by atoms with Gasteiger partial charge < -0.3 is 10.1 Å². The first-order valence-corrected chi connectivity index (χ1v) is 6.07. The number of nitro groups is 1. The molecule has 0 atom stereocenters. The lowest BCUT2D eigenvalue weighted by Gasteiger charge is -2.26. The SMILES string of the molecule is CNc1cc(C(=O)NN2CCOCC2)c([N+](=O)[O-])cn1. The third-order valence-electron chi connectivity index (χ3n) is 2.85. The number of morpholine rings is 1. The Kier molecular flexibility index (Phi) is 4.43. The first-order valence-electron chi connectivity index (χ1n) is 6.07. The zero-order chi connectivity index (χ0) is 14.5. The second kappa shape index (κ2) is 6.26. The van der Waals surface area contributed by atoms with Gasteiger partial charge in [0.2, 0.25) is 0 Å². The van der Waals surface area contributed by atoms with Gasteiger partial charge in [-0.1, -0.05) is 0 Å². The predicted molar refractivity (Wildman–Crippen MR) is 70.3 cm³/mol. The van der Waals surface area contributed by atoms with Gasteiger partial charge in [-0.15, -0.1) is 0 Å². The maximum Gasteiger partial charge on any atom is 0.300 e. The van der Waals surface area contributed by atoms with Crippen LogP contribution in [0.5, 0.6) is 0 Å². The third kappa shape index (κ3) is 3.19. The Balaban J connectivity index is 2.20. The molecule has 0 bridgehead atoms. The van der Waals surface area contributed by atoms with E-state index in [1.54, 1.807) is 12.1 Å². The highest BCUT2D eigenvalue weighted by Crippen LogP contribution is 2.20. The number of hydrogen-bond donors (Lipinski definition) is 2. The highest BCUT2D eigenvalue weighted by atomic mass is 16.6. The Morgan fingerprint density at radius 3 is 2.80 bits per heavy atom. The zero-order valence-corrected chi connectivity index (χ0v) is 11.0. The molecule has 1 saturated heterocycles. The lowest BCUT2D eigenvalue weighted by atomic mass is 10.2. The van der Waals surface area contributed by atoms with E-state index in [1.807, 2.05) is 0 Å². The molecule has 2 heterocycles. The van der Waals surface area contributed by atoms with Crippen molar-refractivity contribution < 1.29 is 14.5 Å². The fourth-order valence-corrected chi connectivity index (χ4v) is 1.79. The summed E-state index contributed by atoms with van der Waals surface area (Å²) in [6.07, 6.45) is 1.07. The molecule has 1 amide bonds. The number of nitrogens with one attached hydrogen (secondary N) is 2. The van der Waals surface area contributed by atoms with Gasteiger partial charge in [0.1, 0.15) is 17.6 Å². The van der Waals surface area contributed by atoms with E-state index in [0.717, 1.165) is 6.20 Å². The Morgan fingerprint density at radius 2 is 2.20 bits per heavy atom. The van der Waals surface area contributed by atoms with Crippen molar-refractivity contribution in [3.8, 4) is 0 Å². The Bertz CT molecular complexity index is 516. The van der Waals surface area contributed by atoms with Gasteiger partial charge in [-0.05, 0) is 0 Å². The molecule has 1 aliphatic heterocycles. The number of rotatable bonds is 4. The van der Waals surface area contributed by atoms with Crippen molar-refractivity contribution in [1.29, 1.82) is 0 Å². The van der Waals surface area contributed by atoms with E-state index in [4.69, 9.17) is 4.74 Å². The van der Waals surface area contributed by atoms with E-state index in [-0.39, 0.29) is 11.3 Å². The topological polar surface area (TPSA) is 110 Å². The number of pyridine rings is 1. The van der Waals surface area contributed by atoms with E-state index in [9.17, 15) is 14.9 Å². The molecule has 1 fully saturated rings. The monoisotopic (exact) mass is 281 g/mol. The molecule has 1 aliphatic rings. The van der Waals surface area contributed by atoms with Crippen molar-refractivity contribution in [2.45, 2.75) is 0 Å². The molecule has 20 heavy (non-hydrogen) atoms. The van der Waals surface area contributed by atoms with E-state index in [1.165, 1.54) is 6.07 Å². The normalized spacial score (nSPS) is 15.7. The average Bonchev–Trinajstić information content (AvgIpc) is 2.47. The van der Waals surface area contributed by atoms with Crippen LogP contribution in [0.3, 0.4) is 0 Å². The second-order valence-electron chi connectivity index (χ2n) is 4.13. The summed E-state index contributed by atoms with van der Waals surface area (Å²) >= 11 is 0. The second-order valence-corrected chi connectivity index (χ2v) is 4.13. The third-order valence-corrected chi connectivity index (χ3v) is 2.85. The molecule has 0 aliphatic carbocycles. The van der Waals surface area contributed by atoms with E-state index in [0.29, 0.717) is 32.1 Å². The van der Waals surface area contributed by atoms with Crippen LogP contribution < -0.4 is 10.7 Å². The largest absolute Gasteiger partial charge is 0.379 e. The van der Waals surface area contributed by atoms with Crippen LogP contribution in [-0.2, 0) is 4.74 Å². The van der Waals surface area contributed by atoms with Gasteiger partial charge in [0.25, 0.3) is 11.6 Å². The van der Waals surface area contributed by atoms with Crippen molar-refractivity contribution in [2.75, 3.05) is 38.7 Å². The fourth-order valence-electron chi connectivity index (χ4n) is 1.79. The molecule has 1 aromatic rings. The minimum absolute atomic E-state index is 0.0270. The number of carbonyl (C=O) groups excluding carboxylic acids is 1. The number of ether oxygens (including phenoxy) is 1. The predicted octanol–water partition coefficient (Wildman–Crippen LogP) is 0.00850. The van der Waals surface area contributed by atoms with E-state index >= 15 is 0 Å². The van der Waals surface area contributed by atoms with Gasteiger partial charge in [-0.25, -0.2) is 9.99 Å². The minimum Gasteiger partial charge on any atom is -0.379 e. The van der Waals surface area contributed by atoms with Crippen LogP contribution in [0.4, 0.5) is 11.5 Å². The first kappa shape index (κ1) is 14.2. The van der Waals surface area contributed by atoms with Crippen molar-refractivity contribution >= 4 is 17.4 Å². The minimum atomic E-state index is -0.624. The van der Waals surface area contributed by atoms with E-state index < -0.39 is 10.8 Å². The van der Waals surface area contributed by atoms with Gasteiger partial charge in [0.05, 0.1) is 18.1 Å². The summed E-state index contributed by atoms with van der Waals surface area (Å²) in [6, 6.07) is 1.36. The molecule has 0 spiro atoms. The van der Waals surface area contributed by atoms with Crippen molar-refractivity contribution in [3.05, 3.63) is 27.9 Å². The molecule has 0 saturated carbocycles. The van der Waals surface area contributed by atoms with Gasteiger partial charge in [0, 0.05) is 26.2 Å². The lowest BCUT2D eigenvalue weighted by Crippen LogP contribution is -2.48. The Hall–Kier alpha value is -2.26. The number of amides is 1. The highest BCUT2D eigenvalue weighted by molar-refractivity contribution is 5.98. The summed E-state index contributed by atoms with van der Waals surface area (Å²) in [5.41, 5.74) is 2.28. The van der Waals surface area contributed by atoms with Crippen LogP contribution in [-0.4, -0.2) is 54.2 Å². The number of hydrazine groups is 1. The maximum atomic E-state index is 12.2. The van der Waals surface area contributed by atoms with Crippen molar-refractivity contribution in [2.24, 2.45) is 0 Å². The summed E-state index contributed by atoms with van der Waals surface area (Å²) in [6.45, 7) is 2.12. The van der Waals surface area contributed by atoms with Gasteiger partial charge in [0.15, 0.2) is 0 Å². The Morgan fingerprint density at radius 1 is 1.50 bits per heavy atom. The molecule has 108 valence electrons. The number of hydrogen-bond acceptors (Lipinski definition) is 7. The summed E-state index contributed by atoms with van der Waals surface area (Å²) in [7, 11) is 1.62. The quantitative estimate of drug-likeness (QED) is 0.590. The summed E-state index contributed by atoms with van der Waals surface area (Å²) in [4.78, 5) is 26.3. The molecule has 2 N–H and O–H groups in total. The standard InChI is InChI=1S/C11H15N5O4/c1-12-10-6-8(9(7-13-10)16(18)19)11(17)14-15-2-4-20-5-3-15/h6-7H,2-5H2,1H3,(H,12,13)(H,14,17).